The molecule has 0 atom stereocenters. The zero-order chi connectivity index (χ0) is 14.2. The molecule has 1 aliphatic rings. The predicted octanol–water partition coefficient (Wildman–Crippen LogP) is 1.61. The smallest absolute Gasteiger partial charge is 0.265 e. The number of thiazole rings is 1. The van der Waals surface area contributed by atoms with E-state index in [0.717, 1.165) is 31.4 Å². The highest BCUT2D eigenvalue weighted by molar-refractivity contribution is 7.93. The summed E-state index contributed by atoms with van der Waals surface area (Å²) in [6, 6.07) is 1.54. The van der Waals surface area contributed by atoms with Crippen LogP contribution < -0.4 is 10.5 Å². The molecule has 2 aromatic rings. The molecular formula is C12H16N4O2S2. The van der Waals surface area contributed by atoms with Crippen molar-refractivity contribution in [2.75, 3.05) is 4.72 Å². The van der Waals surface area contributed by atoms with Crippen molar-refractivity contribution in [2.24, 2.45) is 5.73 Å². The lowest BCUT2D eigenvalue weighted by atomic mass is 10.0. The fourth-order valence-electron chi connectivity index (χ4n) is 2.26. The number of nitrogens with one attached hydrogen (secondary N) is 2. The molecule has 1 aliphatic carbocycles. The first-order valence-corrected chi connectivity index (χ1v) is 8.77. The van der Waals surface area contributed by atoms with Gasteiger partial charge in [-0.1, -0.05) is 0 Å². The summed E-state index contributed by atoms with van der Waals surface area (Å²) in [6.07, 6.45) is 5.66. The molecule has 0 unspecified atom stereocenters. The minimum absolute atomic E-state index is 0.186. The SMILES string of the molecule is NCc1cc(S(=O)(=O)Nc2nc3c(s2)CCCC3)c[nH]1. The summed E-state index contributed by atoms with van der Waals surface area (Å²) in [6.45, 7) is 0.279. The van der Waals surface area contributed by atoms with Gasteiger partial charge in [-0.15, -0.1) is 11.3 Å². The third kappa shape index (κ3) is 2.58. The summed E-state index contributed by atoms with van der Waals surface area (Å²) >= 11 is 1.43. The van der Waals surface area contributed by atoms with Gasteiger partial charge in [-0.25, -0.2) is 13.4 Å². The van der Waals surface area contributed by atoms with Crippen LogP contribution in [0.5, 0.6) is 0 Å². The number of aromatic amines is 1. The van der Waals surface area contributed by atoms with Crippen molar-refractivity contribution in [3.8, 4) is 0 Å². The fourth-order valence-corrected chi connectivity index (χ4v) is 4.56. The van der Waals surface area contributed by atoms with Gasteiger partial charge in [-0.2, -0.15) is 0 Å². The minimum atomic E-state index is -3.59. The van der Waals surface area contributed by atoms with E-state index in [-0.39, 0.29) is 11.4 Å². The Morgan fingerprint density at radius 2 is 2.20 bits per heavy atom. The Kier molecular flexibility index (Phi) is 3.53. The molecule has 8 heteroatoms. The number of aromatic nitrogens is 2. The first kappa shape index (κ1) is 13.6. The molecule has 0 aliphatic heterocycles. The average Bonchev–Trinajstić information content (AvgIpc) is 3.04. The highest BCUT2D eigenvalue weighted by Gasteiger charge is 2.20. The van der Waals surface area contributed by atoms with Gasteiger partial charge in [0.1, 0.15) is 4.90 Å². The number of fused-ring (bicyclic) bond motifs is 1. The van der Waals surface area contributed by atoms with E-state index in [9.17, 15) is 8.42 Å². The maximum Gasteiger partial charge on any atom is 0.265 e. The van der Waals surface area contributed by atoms with E-state index in [2.05, 4.69) is 14.7 Å². The lowest BCUT2D eigenvalue weighted by Gasteiger charge is -2.06. The van der Waals surface area contributed by atoms with Crippen molar-refractivity contribution < 1.29 is 8.42 Å². The van der Waals surface area contributed by atoms with Crippen LogP contribution in [0, 0.1) is 0 Å². The van der Waals surface area contributed by atoms with Gasteiger partial charge >= 0.3 is 0 Å². The molecule has 2 heterocycles. The summed E-state index contributed by atoms with van der Waals surface area (Å²) < 4.78 is 27.0. The normalized spacial score (nSPS) is 15.1. The molecule has 0 bridgehead atoms. The summed E-state index contributed by atoms with van der Waals surface area (Å²) in [5.41, 5.74) is 7.19. The Labute approximate surface area is 121 Å². The van der Waals surface area contributed by atoms with E-state index >= 15 is 0 Å². The predicted molar refractivity (Wildman–Crippen MR) is 78.2 cm³/mol. The number of anilines is 1. The summed E-state index contributed by atoms with van der Waals surface area (Å²) in [5.74, 6) is 0. The quantitative estimate of drug-likeness (QED) is 0.798. The number of sulfonamides is 1. The number of aryl methyl sites for hydroxylation is 2. The van der Waals surface area contributed by atoms with Gasteiger partial charge < -0.3 is 10.7 Å². The van der Waals surface area contributed by atoms with Crippen LogP contribution in [-0.4, -0.2) is 18.4 Å². The standard InChI is InChI=1S/C12H16N4O2S2/c13-6-8-5-9(7-14-8)20(17,18)16-12-15-10-3-1-2-4-11(10)19-12/h5,7,14H,1-4,6,13H2,(H,15,16). The number of hydrogen-bond donors (Lipinski definition) is 3. The maximum absolute atomic E-state index is 12.2. The molecule has 2 aromatic heterocycles. The number of rotatable bonds is 4. The first-order valence-electron chi connectivity index (χ1n) is 6.47. The molecule has 0 radical (unpaired) electrons. The third-order valence-corrected chi connectivity index (χ3v) is 5.83. The van der Waals surface area contributed by atoms with Crippen molar-refractivity contribution in [1.82, 2.24) is 9.97 Å². The second-order valence-electron chi connectivity index (χ2n) is 4.77. The van der Waals surface area contributed by atoms with Gasteiger partial charge in [0, 0.05) is 23.3 Å². The summed E-state index contributed by atoms with van der Waals surface area (Å²) in [5, 5.41) is 0.451. The minimum Gasteiger partial charge on any atom is -0.363 e. The van der Waals surface area contributed by atoms with Crippen LogP contribution >= 0.6 is 11.3 Å². The summed E-state index contributed by atoms with van der Waals surface area (Å²) in [4.78, 5) is 8.60. The molecule has 0 saturated carbocycles. The third-order valence-electron chi connectivity index (χ3n) is 3.31. The number of H-pyrrole nitrogens is 1. The lowest BCUT2D eigenvalue weighted by Crippen LogP contribution is -2.12. The average molecular weight is 312 g/mol. The van der Waals surface area contributed by atoms with Gasteiger partial charge in [0.2, 0.25) is 0 Å². The second-order valence-corrected chi connectivity index (χ2v) is 7.53. The largest absolute Gasteiger partial charge is 0.363 e. The van der Waals surface area contributed by atoms with Crippen LogP contribution in [0.4, 0.5) is 5.13 Å². The molecule has 6 nitrogen and oxygen atoms in total. The molecule has 3 rings (SSSR count). The molecule has 4 N–H and O–H groups in total. The van der Waals surface area contributed by atoms with Crippen LogP contribution in [0.3, 0.4) is 0 Å². The van der Waals surface area contributed by atoms with Crippen molar-refractivity contribution in [3.63, 3.8) is 0 Å². The monoisotopic (exact) mass is 312 g/mol. The summed E-state index contributed by atoms with van der Waals surface area (Å²) in [7, 11) is -3.59. The van der Waals surface area contributed by atoms with Crippen LogP contribution in [0.1, 0.15) is 29.1 Å². The fraction of sp³-hybridized carbons (Fsp3) is 0.417. The molecule has 108 valence electrons. The second kappa shape index (κ2) is 5.19. The van der Waals surface area contributed by atoms with E-state index in [4.69, 9.17) is 5.73 Å². The van der Waals surface area contributed by atoms with E-state index in [0.29, 0.717) is 10.8 Å². The van der Waals surface area contributed by atoms with Gasteiger partial charge in [-0.05, 0) is 31.7 Å². The Balaban J connectivity index is 1.84. The number of nitrogens with zero attached hydrogens (tertiary/aromatic N) is 1. The molecule has 0 aromatic carbocycles. The van der Waals surface area contributed by atoms with Gasteiger partial charge in [0.25, 0.3) is 10.0 Å². The van der Waals surface area contributed by atoms with E-state index < -0.39 is 10.0 Å². The Bertz CT molecular complexity index is 694. The molecular weight excluding hydrogens is 296 g/mol. The van der Waals surface area contributed by atoms with E-state index in [1.165, 1.54) is 28.5 Å². The van der Waals surface area contributed by atoms with Crippen LogP contribution in [-0.2, 0) is 29.4 Å². The molecule has 0 spiro atoms. The van der Waals surface area contributed by atoms with Crippen LogP contribution in [0.15, 0.2) is 17.2 Å². The van der Waals surface area contributed by atoms with Crippen LogP contribution in [0.2, 0.25) is 0 Å². The molecule has 0 saturated heterocycles. The zero-order valence-corrected chi connectivity index (χ0v) is 12.5. The van der Waals surface area contributed by atoms with Crippen LogP contribution in [0.25, 0.3) is 0 Å². The Morgan fingerprint density at radius 3 is 2.90 bits per heavy atom. The Hall–Kier alpha value is -1.38. The number of hydrogen-bond acceptors (Lipinski definition) is 5. The Morgan fingerprint density at radius 1 is 1.40 bits per heavy atom. The molecule has 0 fully saturated rings. The van der Waals surface area contributed by atoms with Crippen molar-refractivity contribution in [1.29, 1.82) is 0 Å². The van der Waals surface area contributed by atoms with Gasteiger partial charge in [0.05, 0.1) is 5.69 Å². The highest BCUT2D eigenvalue weighted by atomic mass is 32.2. The van der Waals surface area contributed by atoms with Gasteiger partial charge in [0.15, 0.2) is 5.13 Å². The first-order chi connectivity index (χ1) is 9.58. The maximum atomic E-state index is 12.2. The van der Waals surface area contributed by atoms with E-state index in [1.807, 2.05) is 0 Å². The van der Waals surface area contributed by atoms with Crippen molar-refractivity contribution >= 4 is 26.5 Å². The molecule has 20 heavy (non-hydrogen) atoms. The number of nitrogens with two attached hydrogens (primary N) is 1. The zero-order valence-electron chi connectivity index (χ0n) is 10.8. The van der Waals surface area contributed by atoms with Crippen molar-refractivity contribution in [3.05, 3.63) is 28.5 Å². The highest BCUT2D eigenvalue weighted by Crippen LogP contribution is 2.30. The van der Waals surface area contributed by atoms with Crippen molar-refractivity contribution in [2.45, 2.75) is 37.1 Å². The lowest BCUT2D eigenvalue weighted by molar-refractivity contribution is 0.601. The topological polar surface area (TPSA) is 101 Å². The molecule has 0 amide bonds. The van der Waals surface area contributed by atoms with E-state index in [1.54, 1.807) is 0 Å². The van der Waals surface area contributed by atoms with Gasteiger partial charge in [-0.3, -0.25) is 4.72 Å².